The van der Waals surface area contributed by atoms with Gasteiger partial charge in [-0.1, -0.05) is 24.3 Å². The number of aliphatic imine (C=N–C) groups is 1. The highest BCUT2D eigenvalue weighted by atomic mass is 127. The van der Waals surface area contributed by atoms with Gasteiger partial charge in [-0.25, -0.2) is 4.99 Å². The molecule has 1 aliphatic heterocycles. The molecule has 1 unspecified atom stereocenters. The van der Waals surface area contributed by atoms with Gasteiger partial charge in [-0.05, 0) is 38.3 Å². The van der Waals surface area contributed by atoms with E-state index in [4.69, 9.17) is 0 Å². The van der Waals surface area contributed by atoms with Crippen LogP contribution in [0.1, 0.15) is 37.3 Å². The fraction of sp³-hybridized carbons (Fsp3) is 0.579. The van der Waals surface area contributed by atoms with Gasteiger partial charge in [0.15, 0.2) is 5.96 Å². The second kappa shape index (κ2) is 9.99. The van der Waals surface area contributed by atoms with E-state index in [2.05, 4.69) is 60.2 Å². The Morgan fingerprint density at radius 2 is 2.04 bits per heavy atom. The summed E-state index contributed by atoms with van der Waals surface area (Å²) in [6.45, 7) is 8.46. The first-order chi connectivity index (χ1) is 11.4. The third-order valence-corrected chi connectivity index (χ3v) is 4.40. The predicted molar refractivity (Wildman–Crippen MR) is 115 cm³/mol. The summed E-state index contributed by atoms with van der Waals surface area (Å²) in [7, 11) is 3.52. The van der Waals surface area contributed by atoms with Crippen LogP contribution in [-0.4, -0.2) is 61.4 Å². The van der Waals surface area contributed by atoms with Crippen LogP contribution < -0.4 is 5.32 Å². The number of halogens is 1. The fourth-order valence-corrected chi connectivity index (χ4v) is 3.03. The Morgan fingerprint density at radius 1 is 1.36 bits per heavy atom. The summed E-state index contributed by atoms with van der Waals surface area (Å²) < 4.78 is 0. The zero-order chi connectivity index (χ0) is 17.7. The number of nitrogens with one attached hydrogen (secondary N) is 1. The molecule has 0 aliphatic carbocycles. The van der Waals surface area contributed by atoms with Crippen molar-refractivity contribution in [1.82, 2.24) is 15.1 Å². The average Bonchev–Trinajstić information content (AvgIpc) is 3.00. The third-order valence-electron chi connectivity index (χ3n) is 4.40. The highest BCUT2D eigenvalue weighted by Gasteiger charge is 2.27. The van der Waals surface area contributed by atoms with Gasteiger partial charge in [-0.3, -0.25) is 4.79 Å². The molecule has 1 fully saturated rings. The van der Waals surface area contributed by atoms with Crippen LogP contribution in [0, 0.1) is 6.92 Å². The van der Waals surface area contributed by atoms with Gasteiger partial charge >= 0.3 is 0 Å². The maximum Gasteiger partial charge on any atom is 0.243 e. The van der Waals surface area contributed by atoms with Crippen molar-refractivity contribution in [3.05, 3.63) is 35.4 Å². The molecule has 1 saturated heterocycles. The second-order valence-corrected chi connectivity index (χ2v) is 7.02. The summed E-state index contributed by atoms with van der Waals surface area (Å²) in [6.07, 6.45) is 1.12. The van der Waals surface area contributed by atoms with Crippen LogP contribution in [0.25, 0.3) is 0 Å². The monoisotopic (exact) mass is 458 g/mol. The highest BCUT2D eigenvalue weighted by molar-refractivity contribution is 14.0. The van der Waals surface area contributed by atoms with Crippen molar-refractivity contribution in [2.75, 3.05) is 33.7 Å². The lowest BCUT2D eigenvalue weighted by Crippen LogP contribution is -2.43. The maximum absolute atomic E-state index is 11.9. The lowest BCUT2D eigenvalue weighted by molar-refractivity contribution is -0.127. The van der Waals surface area contributed by atoms with E-state index in [1.54, 1.807) is 19.0 Å². The second-order valence-electron chi connectivity index (χ2n) is 7.02. The minimum absolute atomic E-state index is 0. The summed E-state index contributed by atoms with van der Waals surface area (Å²) in [5, 5.41) is 3.41. The van der Waals surface area contributed by atoms with Crippen molar-refractivity contribution < 1.29 is 4.79 Å². The fourth-order valence-electron chi connectivity index (χ4n) is 3.03. The number of aryl methyl sites for hydroxylation is 1. The Kier molecular flexibility index (Phi) is 8.68. The number of carbonyl (C=O) groups excluding carboxylic acids is 1. The molecular formula is C19H31IN4O. The van der Waals surface area contributed by atoms with E-state index in [0.29, 0.717) is 5.92 Å². The molecule has 1 atom stereocenters. The maximum atomic E-state index is 11.9. The van der Waals surface area contributed by atoms with Gasteiger partial charge in [-0.2, -0.15) is 0 Å². The molecular weight excluding hydrogens is 427 g/mol. The van der Waals surface area contributed by atoms with Gasteiger partial charge in [-0.15, -0.1) is 24.0 Å². The lowest BCUT2D eigenvalue weighted by atomic mass is 9.94. The third kappa shape index (κ3) is 6.17. The molecule has 0 aromatic heterocycles. The molecule has 1 aromatic rings. The number of hydrogen-bond acceptors (Lipinski definition) is 2. The lowest BCUT2D eigenvalue weighted by Gasteiger charge is -2.24. The number of guanidine groups is 1. The predicted octanol–water partition coefficient (Wildman–Crippen LogP) is 2.84. The van der Waals surface area contributed by atoms with Crippen LogP contribution in [0.4, 0.5) is 0 Å². The standard InChI is InChI=1S/C19H30N4O.HI/c1-14(2)21-19(20-12-18(24)22(4)5)23-11-10-16(13-23)17-9-7-6-8-15(17)3;/h6-9,14,16H,10-13H2,1-5H3,(H,20,21);1H. The van der Waals surface area contributed by atoms with Gasteiger partial charge in [0, 0.05) is 39.1 Å². The van der Waals surface area contributed by atoms with Crippen molar-refractivity contribution in [2.24, 2.45) is 4.99 Å². The van der Waals surface area contributed by atoms with E-state index in [0.717, 1.165) is 25.5 Å². The number of rotatable bonds is 4. The largest absolute Gasteiger partial charge is 0.354 e. The minimum atomic E-state index is 0. The molecule has 0 saturated carbocycles. The van der Waals surface area contributed by atoms with Crippen LogP contribution in [0.5, 0.6) is 0 Å². The zero-order valence-electron chi connectivity index (χ0n) is 16.0. The van der Waals surface area contributed by atoms with E-state index in [-0.39, 0.29) is 42.5 Å². The SMILES string of the molecule is Cc1ccccc1C1CCN(C(=NCC(=O)N(C)C)NC(C)C)C1.I. The van der Waals surface area contributed by atoms with Gasteiger partial charge in [0.25, 0.3) is 0 Å². The molecule has 1 aliphatic rings. The van der Waals surface area contributed by atoms with Crippen LogP contribution in [0.15, 0.2) is 29.3 Å². The Balaban J connectivity index is 0.00000312. The molecule has 5 nitrogen and oxygen atoms in total. The van der Waals surface area contributed by atoms with Gasteiger partial charge in [0.05, 0.1) is 0 Å². The number of carbonyl (C=O) groups is 1. The van der Waals surface area contributed by atoms with Crippen molar-refractivity contribution >= 4 is 35.8 Å². The van der Waals surface area contributed by atoms with Crippen molar-refractivity contribution in [1.29, 1.82) is 0 Å². The Labute approximate surface area is 168 Å². The van der Waals surface area contributed by atoms with Crippen molar-refractivity contribution in [3.8, 4) is 0 Å². The molecule has 1 amide bonds. The average molecular weight is 458 g/mol. The molecule has 0 spiro atoms. The summed E-state index contributed by atoms with van der Waals surface area (Å²) in [5.74, 6) is 1.39. The van der Waals surface area contributed by atoms with Crippen LogP contribution in [0.2, 0.25) is 0 Å². The number of amides is 1. The first kappa shape index (κ1) is 21.7. The smallest absolute Gasteiger partial charge is 0.243 e. The molecule has 1 N–H and O–H groups in total. The molecule has 0 bridgehead atoms. The number of nitrogens with zero attached hydrogens (tertiary/aromatic N) is 3. The van der Waals surface area contributed by atoms with Crippen LogP contribution in [0.3, 0.4) is 0 Å². The van der Waals surface area contributed by atoms with Gasteiger partial charge in [0.1, 0.15) is 6.54 Å². The van der Waals surface area contributed by atoms with Crippen molar-refractivity contribution in [3.63, 3.8) is 0 Å². The molecule has 0 radical (unpaired) electrons. The van der Waals surface area contributed by atoms with Crippen molar-refractivity contribution in [2.45, 2.75) is 39.2 Å². The van der Waals surface area contributed by atoms with Gasteiger partial charge < -0.3 is 15.1 Å². The quantitative estimate of drug-likeness (QED) is 0.429. The van der Waals surface area contributed by atoms with Gasteiger partial charge in [0.2, 0.25) is 5.91 Å². The van der Waals surface area contributed by atoms with E-state index in [9.17, 15) is 4.79 Å². The van der Waals surface area contributed by atoms with Crippen LogP contribution >= 0.6 is 24.0 Å². The number of benzene rings is 1. The molecule has 1 heterocycles. The summed E-state index contributed by atoms with van der Waals surface area (Å²) >= 11 is 0. The number of hydrogen-bond donors (Lipinski definition) is 1. The summed E-state index contributed by atoms with van der Waals surface area (Å²) in [4.78, 5) is 20.3. The number of likely N-dealkylation sites (tertiary alicyclic amines) is 1. The van der Waals surface area contributed by atoms with E-state index in [1.165, 1.54) is 11.1 Å². The van der Waals surface area contributed by atoms with E-state index >= 15 is 0 Å². The topological polar surface area (TPSA) is 47.9 Å². The summed E-state index contributed by atoms with van der Waals surface area (Å²) in [5.41, 5.74) is 2.77. The van der Waals surface area contributed by atoms with E-state index in [1.807, 2.05) is 0 Å². The molecule has 25 heavy (non-hydrogen) atoms. The Morgan fingerprint density at radius 3 is 2.64 bits per heavy atom. The number of likely N-dealkylation sites (N-methyl/N-ethyl adjacent to an activating group) is 1. The van der Waals surface area contributed by atoms with Crippen LogP contribution in [-0.2, 0) is 4.79 Å². The first-order valence-corrected chi connectivity index (χ1v) is 8.70. The molecule has 1 aromatic carbocycles. The highest BCUT2D eigenvalue weighted by Crippen LogP contribution is 2.29. The molecule has 140 valence electrons. The zero-order valence-corrected chi connectivity index (χ0v) is 18.3. The van der Waals surface area contributed by atoms with E-state index < -0.39 is 0 Å². The Hall–Kier alpha value is -1.31. The normalized spacial score (nSPS) is 17.4. The Bertz CT molecular complexity index is 601. The minimum Gasteiger partial charge on any atom is -0.354 e. The molecule has 6 heteroatoms. The summed E-state index contributed by atoms with van der Waals surface area (Å²) in [6, 6.07) is 8.89. The molecule has 2 rings (SSSR count). The first-order valence-electron chi connectivity index (χ1n) is 8.70.